The molecule has 0 saturated carbocycles. The molecule has 1 aromatic rings. The van der Waals surface area contributed by atoms with Crippen molar-refractivity contribution in [3.05, 3.63) is 11.9 Å². The van der Waals surface area contributed by atoms with Gasteiger partial charge in [0.25, 0.3) is 0 Å². The number of carbonyl (C=O) groups excluding carboxylic acids is 1. The zero-order chi connectivity index (χ0) is 12.0. The molecule has 0 fully saturated rings. The summed E-state index contributed by atoms with van der Waals surface area (Å²) in [5.41, 5.74) is 0.928. The highest BCUT2D eigenvalue weighted by Crippen LogP contribution is 1.96. The molecule has 0 atom stereocenters. The zero-order valence-electron chi connectivity index (χ0n) is 10.2. The lowest BCUT2D eigenvalue weighted by Crippen LogP contribution is -2.29. The molecule has 0 aliphatic rings. The summed E-state index contributed by atoms with van der Waals surface area (Å²) in [6.45, 7) is 7.39. The van der Waals surface area contributed by atoms with Gasteiger partial charge in [0.1, 0.15) is 0 Å². The standard InChI is InChI=1S/C11H20N4O/c1-4-7-15-8-10(13-14-15)5-6-12-11(16)9(2)3/h8-9H,4-7H2,1-3H3,(H,12,16). The molecule has 1 N–H and O–H groups in total. The van der Waals surface area contributed by atoms with Gasteiger partial charge in [-0.15, -0.1) is 5.10 Å². The minimum absolute atomic E-state index is 0.0378. The lowest BCUT2D eigenvalue weighted by Gasteiger charge is -2.05. The number of nitrogens with one attached hydrogen (secondary N) is 1. The average molecular weight is 224 g/mol. The van der Waals surface area contributed by atoms with Gasteiger partial charge >= 0.3 is 0 Å². The summed E-state index contributed by atoms with van der Waals surface area (Å²) in [5, 5.41) is 10.9. The van der Waals surface area contributed by atoms with Crippen molar-refractivity contribution in [1.82, 2.24) is 20.3 Å². The van der Waals surface area contributed by atoms with Crippen molar-refractivity contribution in [2.45, 2.75) is 40.2 Å². The van der Waals surface area contributed by atoms with E-state index in [9.17, 15) is 4.79 Å². The van der Waals surface area contributed by atoms with E-state index >= 15 is 0 Å². The van der Waals surface area contributed by atoms with Gasteiger partial charge in [-0.2, -0.15) is 0 Å². The highest BCUT2D eigenvalue weighted by molar-refractivity contribution is 5.77. The van der Waals surface area contributed by atoms with Crippen LogP contribution >= 0.6 is 0 Å². The molecular formula is C11H20N4O. The van der Waals surface area contributed by atoms with Crippen LogP contribution in [0.4, 0.5) is 0 Å². The van der Waals surface area contributed by atoms with Crippen LogP contribution in [0.25, 0.3) is 0 Å². The Morgan fingerprint density at radius 3 is 2.94 bits per heavy atom. The number of carbonyl (C=O) groups is 1. The van der Waals surface area contributed by atoms with Crippen LogP contribution in [0.2, 0.25) is 0 Å². The van der Waals surface area contributed by atoms with Crippen molar-refractivity contribution in [3.8, 4) is 0 Å². The molecule has 5 nitrogen and oxygen atoms in total. The van der Waals surface area contributed by atoms with Gasteiger partial charge in [0.15, 0.2) is 0 Å². The van der Waals surface area contributed by atoms with Crippen LogP contribution in [0, 0.1) is 5.92 Å². The summed E-state index contributed by atoms with van der Waals surface area (Å²) < 4.78 is 1.83. The molecule has 0 aliphatic heterocycles. The fraction of sp³-hybridized carbons (Fsp3) is 0.727. The van der Waals surface area contributed by atoms with Crippen LogP contribution < -0.4 is 5.32 Å². The van der Waals surface area contributed by atoms with Crippen LogP contribution in [0.15, 0.2) is 6.20 Å². The summed E-state index contributed by atoms with van der Waals surface area (Å²) in [5.74, 6) is 0.122. The smallest absolute Gasteiger partial charge is 0.222 e. The summed E-state index contributed by atoms with van der Waals surface area (Å²) >= 11 is 0. The van der Waals surface area contributed by atoms with Crippen LogP contribution in [0.3, 0.4) is 0 Å². The van der Waals surface area contributed by atoms with Crippen LogP contribution in [0.5, 0.6) is 0 Å². The van der Waals surface area contributed by atoms with E-state index < -0.39 is 0 Å². The number of aromatic nitrogens is 3. The third kappa shape index (κ3) is 4.00. The molecular weight excluding hydrogens is 204 g/mol. The van der Waals surface area contributed by atoms with Crippen molar-refractivity contribution in [3.63, 3.8) is 0 Å². The Kier molecular flexibility index (Phi) is 4.95. The van der Waals surface area contributed by atoms with Gasteiger partial charge in [-0.3, -0.25) is 9.48 Å². The third-order valence-corrected chi connectivity index (χ3v) is 2.24. The molecule has 0 saturated heterocycles. The number of nitrogens with zero attached hydrogens (tertiary/aromatic N) is 3. The second-order valence-corrected chi connectivity index (χ2v) is 4.17. The SMILES string of the molecule is CCCn1cc(CCNC(=O)C(C)C)nn1. The van der Waals surface area contributed by atoms with Crippen molar-refractivity contribution in [2.75, 3.05) is 6.54 Å². The van der Waals surface area contributed by atoms with Crippen molar-refractivity contribution < 1.29 is 4.79 Å². The van der Waals surface area contributed by atoms with Crippen LogP contribution in [-0.2, 0) is 17.8 Å². The molecule has 5 heteroatoms. The summed E-state index contributed by atoms with van der Waals surface area (Å²) in [4.78, 5) is 11.3. The maximum Gasteiger partial charge on any atom is 0.222 e. The lowest BCUT2D eigenvalue weighted by atomic mass is 10.2. The van der Waals surface area contributed by atoms with E-state index in [1.807, 2.05) is 24.7 Å². The normalized spacial score (nSPS) is 10.8. The predicted octanol–water partition coefficient (Wildman–Crippen LogP) is 1.00. The predicted molar refractivity (Wildman–Crippen MR) is 61.9 cm³/mol. The second-order valence-electron chi connectivity index (χ2n) is 4.17. The van der Waals surface area contributed by atoms with Crippen LogP contribution in [0.1, 0.15) is 32.9 Å². The summed E-state index contributed by atoms with van der Waals surface area (Å²) in [7, 11) is 0. The van der Waals surface area contributed by atoms with Crippen molar-refractivity contribution in [1.29, 1.82) is 0 Å². The molecule has 0 bridgehead atoms. The first-order valence-electron chi connectivity index (χ1n) is 5.80. The van der Waals surface area contributed by atoms with Gasteiger partial charge < -0.3 is 5.32 Å². The zero-order valence-corrected chi connectivity index (χ0v) is 10.2. The molecule has 0 aromatic carbocycles. The minimum atomic E-state index is 0.0378. The number of hydrogen-bond donors (Lipinski definition) is 1. The summed E-state index contributed by atoms with van der Waals surface area (Å²) in [6, 6.07) is 0. The highest BCUT2D eigenvalue weighted by Gasteiger charge is 2.06. The Labute approximate surface area is 96.2 Å². The molecule has 0 unspecified atom stereocenters. The first-order chi connectivity index (χ1) is 7.63. The van der Waals surface area contributed by atoms with Crippen LogP contribution in [-0.4, -0.2) is 27.4 Å². The van der Waals surface area contributed by atoms with Gasteiger partial charge in [-0.1, -0.05) is 26.0 Å². The van der Waals surface area contributed by atoms with E-state index in [1.165, 1.54) is 0 Å². The summed E-state index contributed by atoms with van der Waals surface area (Å²) in [6.07, 6.45) is 3.72. The molecule has 0 aliphatic carbocycles. The first kappa shape index (κ1) is 12.7. The van der Waals surface area contributed by atoms with E-state index in [1.54, 1.807) is 0 Å². The van der Waals surface area contributed by atoms with Gasteiger partial charge in [-0.05, 0) is 6.42 Å². The van der Waals surface area contributed by atoms with Gasteiger partial charge in [-0.25, -0.2) is 0 Å². The quantitative estimate of drug-likeness (QED) is 0.784. The Balaban J connectivity index is 2.29. The van der Waals surface area contributed by atoms with E-state index in [0.717, 1.165) is 25.1 Å². The van der Waals surface area contributed by atoms with Gasteiger partial charge in [0.05, 0.1) is 5.69 Å². The topological polar surface area (TPSA) is 59.8 Å². The molecule has 1 aromatic heterocycles. The first-order valence-corrected chi connectivity index (χ1v) is 5.80. The Bertz CT molecular complexity index is 332. The Morgan fingerprint density at radius 2 is 2.31 bits per heavy atom. The minimum Gasteiger partial charge on any atom is -0.355 e. The molecule has 16 heavy (non-hydrogen) atoms. The van der Waals surface area contributed by atoms with Crippen molar-refractivity contribution in [2.24, 2.45) is 5.92 Å². The Morgan fingerprint density at radius 1 is 1.56 bits per heavy atom. The fourth-order valence-electron chi connectivity index (χ4n) is 1.31. The van der Waals surface area contributed by atoms with E-state index in [2.05, 4.69) is 22.6 Å². The van der Waals surface area contributed by atoms with E-state index in [4.69, 9.17) is 0 Å². The maximum atomic E-state index is 11.3. The Hall–Kier alpha value is -1.39. The van der Waals surface area contributed by atoms with E-state index in [-0.39, 0.29) is 11.8 Å². The van der Waals surface area contributed by atoms with Crippen molar-refractivity contribution >= 4 is 5.91 Å². The number of amides is 1. The lowest BCUT2D eigenvalue weighted by molar-refractivity contribution is -0.123. The van der Waals surface area contributed by atoms with Gasteiger partial charge in [0, 0.05) is 31.6 Å². The molecule has 1 amide bonds. The third-order valence-electron chi connectivity index (χ3n) is 2.24. The molecule has 1 heterocycles. The fourth-order valence-corrected chi connectivity index (χ4v) is 1.31. The average Bonchev–Trinajstić information content (AvgIpc) is 2.66. The number of aryl methyl sites for hydroxylation is 1. The molecule has 0 radical (unpaired) electrons. The number of rotatable bonds is 6. The van der Waals surface area contributed by atoms with E-state index in [0.29, 0.717) is 6.54 Å². The maximum absolute atomic E-state index is 11.3. The van der Waals surface area contributed by atoms with Gasteiger partial charge in [0.2, 0.25) is 5.91 Å². The molecule has 1 rings (SSSR count). The molecule has 0 spiro atoms. The largest absolute Gasteiger partial charge is 0.355 e. The monoisotopic (exact) mass is 224 g/mol. The highest BCUT2D eigenvalue weighted by atomic mass is 16.1. The molecule has 90 valence electrons. The second kappa shape index (κ2) is 6.25. The number of hydrogen-bond acceptors (Lipinski definition) is 3.